The molecule has 1 aromatic rings. The molecule has 1 aromatic carbocycles. The maximum absolute atomic E-state index is 13.0. The molecule has 0 aromatic heterocycles. The highest BCUT2D eigenvalue weighted by Crippen LogP contribution is 2.30. The zero-order valence-corrected chi connectivity index (χ0v) is 13.8. The number of carbonyl (C=O) groups excluding carboxylic acids is 1. The average Bonchev–Trinajstić information content (AvgIpc) is 2.85. The Kier molecular flexibility index (Phi) is 5.27. The van der Waals surface area contributed by atoms with Crippen LogP contribution < -0.4 is 5.32 Å². The smallest absolute Gasteiger partial charge is 0.256 e. The predicted octanol–water partition coefficient (Wildman–Crippen LogP) is 4.22. The van der Waals surface area contributed by atoms with E-state index in [2.05, 4.69) is 44.0 Å². The lowest BCUT2D eigenvalue weighted by Gasteiger charge is -2.29. The Labute approximate surface area is 128 Å². The molecule has 1 aliphatic heterocycles. The van der Waals surface area contributed by atoms with Crippen LogP contribution in [0.25, 0.3) is 0 Å². The Hall–Kier alpha value is -1.51. The fourth-order valence-corrected chi connectivity index (χ4v) is 3.23. The van der Waals surface area contributed by atoms with Gasteiger partial charge in [0.05, 0.1) is 5.56 Å². The van der Waals surface area contributed by atoms with Crippen LogP contribution in [0, 0.1) is 6.92 Å². The van der Waals surface area contributed by atoms with Crippen LogP contribution in [0.3, 0.4) is 0 Å². The second-order valence-corrected chi connectivity index (χ2v) is 6.18. The monoisotopic (exact) mass is 288 g/mol. The number of hydrogen-bond donors (Lipinski definition) is 1. The van der Waals surface area contributed by atoms with E-state index in [-0.39, 0.29) is 5.91 Å². The molecule has 3 heteroatoms. The Balaban J connectivity index is 2.29. The van der Waals surface area contributed by atoms with Gasteiger partial charge in [0.25, 0.3) is 5.91 Å². The van der Waals surface area contributed by atoms with E-state index in [9.17, 15) is 4.79 Å². The third kappa shape index (κ3) is 3.39. The van der Waals surface area contributed by atoms with E-state index in [1.165, 1.54) is 5.56 Å². The van der Waals surface area contributed by atoms with Gasteiger partial charge in [-0.05, 0) is 57.2 Å². The molecule has 1 N–H and O–H groups in total. The molecule has 0 bridgehead atoms. The van der Waals surface area contributed by atoms with Crippen molar-refractivity contribution in [1.29, 1.82) is 0 Å². The number of aryl methyl sites for hydroxylation is 1. The highest BCUT2D eigenvalue weighted by molar-refractivity contribution is 6.00. The number of amides is 1. The first kappa shape index (κ1) is 15.9. The van der Waals surface area contributed by atoms with Gasteiger partial charge < -0.3 is 10.2 Å². The van der Waals surface area contributed by atoms with Crippen LogP contribution in [0.2, 0.25) is 0 Å². The Morgan fingerprint density at radius 2 is 2.10 bits per heavy atom. The van der Waals surface area contributed by atoms with Gasteiger partial charge in [0, 0.05) is 24.3 Å². The molecule has 0 radical (unpaired) electrons. The summed E-state index contributed by atoms with van der Waals surface area (Å²) >= 11 is 0. The molecule has 1 amide bonds. The topological polar surface area (TPSA) is 32.3 Å². The van der Waals surface area contributed by atoms with Crippen LogP contribution in [-0.2, 0) is 0 Å². The van der Waals surface area contributed by atoms with Crippen molar-refractivity contribution in [2.45, 2.75) is 65.5 Å². The third-order valence-corrected chi connectivity index (χ3v) is 4.46. The standard InChI is InChI=1S/C18H28N2O/c1-5-11-19-17-12-13(3)7-10-16(17)18(21)20-14(4)8-9-15(20)6-2/h7,10,12,14-15,19H,5-6,8-9,11H2,1-4H3. The van der Waals surface area contributed by atoms with Crippen LogP contribution in [0.15, 0.2) is 18.2 Å². The first-order valence-electron chi connectivity index (χ1n) is 8.25. The lowest BCUT2D eigenvalue weighted by Crippen LogP contribution is -2.40. The summed E-state index contributed by atoms with van der Waals surface area (Å²) in [5, 5.41) is 3.41. The van der Waals surface area contributed by atoms with E-state index in [1.807, 2.05) is 12.1 Å². The van der Waals surface area contributed by atoms with Gasteiger partial charge in [0.2, 0.25) is 0 Å². The number of rotatable bonds is 5. The van der Waals surface area contributed by atoms with Crippen LogP contribution in [0.5, 0.6) is 0 Å². The lowest BCUT2D eigenvalue weighted by atomic mass is 10.1. The fraction of sp³-hybridized carbons (Fsp3) is 0.611. The second kappa shape index (κ2) is 6.97. The number of hydrogen-bond acceptors (Lipinski definition) is 2. The summed E-state index contributed by atoms with van der Waals surface area (Å²) in [5.41, 5.74) is 2.99. The molecule has 0 saturated carbocycles. The quantitative estimate of drug-likeness (QED) is 0.879. The zero-order valence-electron chi connectivity index (χ0n) is 13.8. The largest absolute Gasteiger partial charge is 0.384 e. The summed E-state index contributed by atoms with van der Waals surface area (Å²) in [7, 11) is 0. The molecule has 0 aliphatic carbocycles. The van der Waals surface area contributed by atoms with Gasteiger partial charge in [-0.25, -0.2) is 0 Å². The van der Waals surface area contributed by atoms with Crippen molar-refractivity contribution >= 4 is 11.6 Å². The SMILES string of the molecule is CCCNc1cc(C)ccc1C(=O)N1C(C)CCC1CC. The maximum Gasteiger partial charge on any atom is 0.256 e. The van der Waals surface area contributed by atoms with Crippen LogP contribution in [0.4, 0.5) is 5.69 Å². The minimum absolute atomic E-state index is 0.186. The van der Waals surface area contributed by atoms with Gasteiger partial charge in [0.15, 0.2) is 0 Å². The third-order valence-electron chi connectivity index (χ3n) is 4.46. The summed E-state index contributed by atoms with van der Waals surface area (Å²) in [6, 6.07) is 6.85. The van der Waals surface area contributed by atoms with Gasteiger partial charge in [-0.3, -0.25) is 4.79 Å². The molecule has 0 spiro atoms. The van der Waals surface area contributed by atoms with E-state index in [1.54, 1.807) is 0 Å². The average molecular weight is 288 g/mol. The van der Waals surface area contributed by atoms with Crippen LogP contribution in [0.1, 0.15) is 62.4 Å². The summed E-state index contributed by atoms with van der Waals surface area (Å²) in [4.78, 5) is 15.1. The Morgan fingerprint density at radius 1 is 1.33 bits per heavy atom. The number of nitrogens with zero attached hydrogens (tertiary/aromatic N) is 1. The zero-order chi connectivity index (χ0) is 15.4. The van der Waals surface area contributed by atoms with Gasteiger partial charge in [-0.15, -0.1) is 0 Å². The molecular formula is C18H28N2O. The van der Waals surface area contributed by atoms with E-state index in [4.69, 9.17) is 0 Å². The van der Waals surface area contributed by atoms with Crippen molar-refractivity contribution in [3.63, 3.8) is 0 Å². The van der Waals surface area contributed by atoms with Gasteiger partial charge >= 0.3 is 0 Å². The van der Waals surface area contributed by atoms with Crippen molar-refractivity contribution in [3.05, 3.63) is 29.3 Å². The highest BCUT2D eigenvalue weighted by atomic mass is 16.2. The minimum Gasteiger partial charge on any atom is -0.384 e. The number of nitrogens with one attached hydrogen (secondary N) is 1. The van der Waals surface area contributed by atoms with Crippen molar-refractivity contribution in [2.75, 3.05) is 11.9 Å². The normalized spacial score (nSPS) is 21.6. The van der Waals surface area contributed by atoms with Crippen molar-refractivity contribution in [3.8, 4) is 0 Å². The van der Waals surface area contributed by atoms with E-state index < -0.39 is 0 Å². The Morgan fingerprint density at radius 3 is 2.76 bits per heavy atom. The van der Waals surface area contributed by atoms with Gasteiger partial charge in [-0.2, -0.15) is 0 Å². The molecule has 1 saturated heterocycles. The molecule has 2 rings (SSSR count). The van der Waals surface area contributed by atoms with E-state index in [0.29, 0.717) is 12.1 Å². The fourth-order valence-electron chi connectivity index (χ4n) is 3.23. The summed E-state index contributed by atoms with van der Waals surface area (Å²) in [6.45, 7) is 9.45. The van der Waals surface area contributed by atoms with Crippen molar-refractivity contribution < 1.29 is 4.79 Å². The molecule has 3 nitrogen and oxygen atoms in total. The number of benzene rings is 1. The Bertz CT molecular complexity index is 498. The van der Waals surface area contributed by atoms with E-state index in [0.717, 1.165) is 43.5 Å². The molecule has 2 unspecified atom stereocenters. The molecule has 21 heavy (non-hydrogen) atoms. The molecule has 116 valence electrons. The second-order valence-electron chi connectivity index (χ2n) is 6.18. The summed E-state index contributed by atoms with van der Waals surface area (Å²) in [6.07, 6.45) is 4.35. The maximum atomic E-state index is 13.0. The summed E-state index contributed by atoms with van der Waals surface area (Å²) in [5.74, 6) is 0.186. The number of carbonyl (C=O) groups is 1. The molecule has 1 heterocycles. The highest BCUT2D eigenvalue weighted by Gasteiger charge is 2.34. The molecular weight excluding hydrogens is 260 g/mol. The number of likely N-dealkylation sites (tertiary alicyclic amines) is 1. The molecule has 1 fully saturated rings. The van der Waals surface area contributed by atoms with Gasteiger partial charge in [-0.1, -0.05) is 19.9 Å². The van der Waals surface area contributed by atoms with Crippen molar-refractivity contribution in [2.24, 2.45) is 0 Å². The molecule has 2 atom stereocenters. The van der Waals surface area contributed by atoms with E-state index >= 15 is 0 Å². The van der Waals surface area contributed by atoms with Crippen LogP contribution in [-0.4, -0.2) is 29.4 Å². The first-order valence-corrected chi connectivity index (χ1v) is 8.25. The minimum atomic E-state index is 0.186. The lowest BCUT2D eigenvalue weighted by molar-refractivity contribution is 0.0677. The molecule has 1 aliphatic rings. The predicted molar refractivity (Wildman–Crippen MR) is 88.9 cm³/mol. The van der Waals surface area contributed by atoms with Crippen molar-refractivity contribution in [1.82, 2.24) is 4.90 Å². The number of anilines is 1. The summed E-state index contributed by atoms with van der Waals surface area (Å²) < 4.78 is 0. The van der Waals surface area contributed by atoms with Crippen LogP contribution >= 0.6 is 0 Å². The van der Waals surface area contributed by atoms with Gasteiger partial charge in [0.1, 0.15) is 0 Å². The first-order chi connectivity index (χ1) is 10.1.